The van der Waals surface area contributed by atoms with Gasteiger partial charge >= 0.3 is 0 Å². The van der Waals surface area contributed by atoms with Crippen LogP contribution in [-0.2, 0) is 0 Å². The number of hydrogen-bond acceptors (Lipinski definition) is 4. The Morgan fingerprint density at radius 3 is 2.64 bits per heavy atom. The van der Waals surface area contributed by atoms with E-state index in [1.54, 1.807) is 48.7 Å². The zero-order valence-electron chi connectivity index (χ0n) is 13.9. The van der Waals surface area contributed by atoms with Crippen LogP contribution in [-0.4, -0.2) is 28.1 Å². The predicted molar refractivity (Wildman–Crippen MR) is 93.3 cm³/mol. The van der Waals surface area contributed by atoms with Gasteiger partial charge in [-0.25, -0.2) is 0 Å². The van der Waals surface area contributed by atoms with Gasteiger partial charge in [-0.15, -0.1) is 0 Å². The van der Waals surface area contributed by atoms with Crippen LogP contribution >= 0.6 is 0 Å². The van der Waals surface area contributed by atoms with Gasteiger partial charge in [-0.3, -0.25) is 14.7 Å². The Hall–Kier alpha value is -3.35. The van der Waals surface area contributed by atoms with Gasteiger partial charge in [0.15, 0.2) is 11.5 Å². The fourth-order valence-electron chi connectivity index (χ4n) is 2.31. The van der Waals surface area contributed by atoms with Crippen LogP contribution < -0.4 is 10.6 Å². The molecule has 0 unspecified atom stereocenters. The van der Waals surface area contributed by atoms with Crippen LogP contribution in [0.25, 0.3) is 11.5 Å². The minimum atomic E-state index is -0.418. The highest BCUT2D eigenvalue weighted by Gasteiger charge is 2.17. The van der Waals surface area contributed by atoms with E-state index in [2.05, 4.69) is 20.8 Å². The maximum atomic E-state index is 12.4. The van der Waals surface area contributed by atoms with Crippen molar-refractivity contribution in [1.29, 1.82) is 0 Å². The molecule has 3 aromatic rings. The second-order valence-electron chi connectivity index (χ2n) is 5.77. The Morgan fingerprint density at radius 1 is 1.12 bits per heavy atom. The van der Waals surface area contributed by atoms with E-state index in [4.69, 9.17) is 4.42 Å². The van der Waals surface area contributed by atoms with Crippen molar-refractivity contribution in [2.24, 2.45) is 0 Å². The van der Waals surface area contributed by atoms with Crippen molar-refractivity contribution < 1.29 is 14.0 Å². The number of para-hydroxylation sites is 1. The SMILES string of the molecule is CC(C)NC(=O)c1ccccc1NC(=O)c1cc(-c2ccco2)[nH]n1. The molecular formula is C18H18N4O3. The second-order valence-corrected chi connectivity index (χ2v) is 5.77. The molecule has 0 bridgehead atoms. The maximum Gasteiger partial charge on any atom is 0.276 e. The summed E-state index contributed by atoms with van der Waals surface area (Å²) in [5.41, 5.74) is 1.62. The van der Waals surface area contributed by atoms with Gasteiger partial charge in [-0.2, -0.15) is 5.10 Å². The van der Waals surface area contributed by atoms with E-state index in [9.17, 15) is 9.59 Å². The number of aromatic nitrogens is 2. The van der Waals surface area contributed by atoms with E-state index in [-0.39, 0.29) is 17.6 Å². The zero-order valence-corrected chi connectivity index (χ0v) is 13.9. The highest BCUT2D eigenvalue weighted by atomic mass is 16.3. The standard InChI is InChI=1S/C18H18N4O3/c1-11(2)19-17(23)12-6-3-4-7-13(12)20-18(24)15-10-14(21-22-15)16-8-5-9-25-16/h3-11H,1-2H3,(H,19,23)(H,20,24)(H,21,22). The molecule has 3 N–H and O–H groups in total. The average molecular weight is 338 g/mol. The van der Waals surface area contributed by atoms with Crippen LogP contribution in [0.4, 0.5) is 5.69 Å². The van der Waals surface area contributed by atoms with Crippen LogP contribution in [0.1, 0.15) is 34.7 Å². The molecule has 0 fully saturated rings. The molecule has 0 aliphatic rings. The third kappa shape index (κ3) is 3.77. The molecule has 0 aliphatic carbocycles. The molecule has 0 spiro atoms. The molecular weight excluding hydrogens is 320 g/mol. The summed E-state index contributed by atoms with van der Waals surface area (Å²) in [5, 5.41) is 12.3. The molecule has 0 saturated carbocycles. The molecule has 0 aliphatic heterocycles. The number of benzene rings is 1. The molecule has 0 atom stereocenters. The first-order valence-corrected chi connectivity index (χ1v) is 7.85. The van der Waals surface area contributed by atoms with E-state index in [1.807, 2.05) is 13.8 Å². The highest BCUT2D eigenvalue weighted by Crippen LogP contribution is 2.20. The number of nitrogens with one attached hydrogen (secondary N) is 3. The van der Waals surface area contributed by atoms with Gasteiger partial charge in [0.05, 0.1) is 17.5 Å². The Labute approximate surface area is 144 Å². The van der Waals surface area contributed by atoms with Crippen LogP contribution in [0.2, 0.25) is 0 Å². The number of H-pyrrole nitrogens is 1. The summed E-state index contributed by atoms with van der Waals surface area (Å²) in [6.45, 7) is 3.75. The second kappa shape index (κ2) is 7.04. The minimum absolute atomic E-state index is 0.00143. The number of carbonyl (C=O) groups is 2. The summed E-state index contributed by atoms with van der Waals surface area (Å²) in [6, 6.07) is 11.9. The highest BCUT2D eigenvalue weighted by molar-refractivity contribution is 6.08. The lowest BCUT2D eigenvalue weighted by Crippen LogP contribution is -2.31. The van der Waals surface area contributed by atoms with E-state index in [0.29, 0.717) is 22.7 Å². The fraction of sp³-hybridized carbons (Fsp3) is 0.167. The fourth-order valence-corrected chi connectivity index (χ4v) is 2.31. The van der Waals surface area contributed by atoms with E-state index < -0.39 is 5.91 Å². The van der Waals surface area contributed by atoms with E-state index >= 15 is 0 Å². The van der Waals surface area contributed by atoms with E-state index in [1.165, 1.54) is 0 Å². The Kier molecular flexibility index (Phi) is 4.65. The number of hydrogen-bond donors (Lipinski definition) is 3. The smallest absolute Gasteiger partial charge is 0.276 e. The van der Waals surface area contributed by atoms with Crippen molar-refractivity contribution in [2.75, 3.05) is 5.32 Å². The predicted octanol–water partition coefficient (Wildman–Crippen LogP) is 3.06. The van der Waals surface area contributed by atoms with Crippen molar-refractivity contribution in [1.82, 2.24) is 15.5 Å². The number of amides is 2. The number of rotatable bonds is 5. The first kappa shape index (κ1) is 16.5. The summed E-state index contributed by atoms with van der Waals surface area (Å²) < 4.78 is 5.26. The molecule has 2 amide bonds. The first-order valence-electron chi connectivity index (χ1n) is 7.85. The first-order chi connectivity index (χ1) is 12.0. The van der Waals surface area contributed by atoms with Crippen LogP contribution in [0.5, 0.6) is 0 Å². The third-order valence-electron chi connectivity index (χ3n) is 3.44. The summed E-state index contributed by atoms with van der Waals surface area (Å²) in [4.78, 5) is 24.7. The Balaban J connectivity index is 1.79. The lowest BCUT2D eigenvalue weighted by Gasteiger charge is -2.12. The summed E-state index contributed by atoms with van der Waals surface area (Å²) in [5.74, 6) is -0.0775. The van der Waals surface area contributed by atoms with Crippen molar-refractivity contribution >= 4 is 17.5 Å². The molecule has 7 nitrogen and oxygen atoms in total. The van der Waals surface area contributed by atoms with Crippen molar-refractivity contribution in [3.05, 3.63) is 60.0 Å². The number of aromatic amines is 1. The Morgan fingerprint density at radius 2 is 1.92 bits per heavy atom. The molecule has 3 rings (SSSR count). The largest absolute Gasteiger partial charge is 0.463 e. The van der Waals surface area contributed by atoms with Gasteiger partial charge in [0, 0.05) is 12.1 Å². The van der Waals surface area contributed by atoms with Crippen molar-refractivity contribution in [3.63, 3.8) is 0 Å². The third-order valence-corrected chi connectivity index (χ3v) is 3.44. The number of furan rings is 1. The summed E-state index contributed by atoms with van der Waals surface area (Å²) in [7, 11) is 0. The monoisotopic (exact) mass is 338 g/mol. The molecule has 7 heteroatoms. The summed E-state index contributed by atoms with van der Waals surface area (Å²) in [6.07, 6.45) is 1.54. The van der Waals surface area contributed by atoms with Crippen LogP contribution in [0.15, 0.2) is 53.1 Å². The number of nitrogens with zero attached hydrogens (tertiary/aromatic N) is 1. The topological polar surface area (TPSA) is 100 Å². The molecule has 1 aromatic carbocycles. The molecule has 25 heavy (non-hydrogen) atoms. The van der Waals surface area contributed by atoms with Crippen LogP contribution in [0.3, 0.4) is 0 Å². The Bertz CT molecular complexity index is 881. The molecule has 128 valence electrons. The van der Waals surface area contributed by atoms with Gasteiger partial charge in [0.1, 0.15) is 5.69 Å². The van der Waals surface area contributed by atoms with Crippen molar-refractivity contribution in [2.45, 2.75) is 19.9 Å². The number of carbonyl (C=O) groups excluding carboxylic acids is 2. The minimum Gasteiger partial charge on any atom is -0.463 e. The van der Waals surface area contributed by atoms with Gasteiger partial charge in [-0.1, -0.05) is 12.1 Å². The lowest BCUT2D eigenvalue weighted by molar-refractivity contribution is 0.0944. The van der Waals surface area contributed by atoms with Gasteiger partial charge < -0.3 is 15.1 Å². The molecule has 0 saturated heterocycles. The lowest BCUT2D eigenvalue weighted by atomic mass is 10.1. The molecule has 0 radical (unpaired) electrons. The van der Waals surface area contributed by atoms with E-state index in [0.717, 1.165) is 0 Å². The maximum absolute atomic E-state index is 12.4. The van der Waals surface area contributed by atoms with Crippen molar-refractivity contribution in [3.8, 4) is 11.5 Å². The van der Waals surface area contributed by atoms with Gasteiger partial charge in [-0.05, 0) is 38.1 Å². The van der Waals surface area contributed by atoms with Gasteiger partial charge in [0.2, 0.25) is 0 Å². The van der Waals surface area contributed by atoms with Gasteiger partial charge in [0.25, 0.3) is 11.8 Å². The zero-order chi connectivity index (χ0) is 17.8. The van der Waals surface area contributed by atoms with Crippen LogP contribution in [0, 0.1) is 0 Å². The normalized spacial score (nSPS) is 10.7. The molecule has 2 heterocycles. The summed E-state index contributed by atoms with van der Waals surface area (Å²) >= 11 is 0. The average Bonchev–Trinajstić information content (AvgIpc) is 3.26. The number of anilines is 1. The molecule has 2 aromatic heterocycles. The quantitative estimate of drug-likeness (QED) is 0.665.